The molecule has 0 spiro atoms. The molecule has 2 fully saturated rings. The first-order valence-electron chi connectivity index (χ1n) is 15.3. The Morgan fingerprint density at radius 1 is 1.02 bits per heavy atom. The summed E-state index contributed by atoms with van der Waals surface area (Å²) >= 11 is 0. The van der Waals surface area contributed by atoms with Gasteiger partial charge in [0.1, 0.15) is 12.1 Å². The molecule has 1 saturated heterocycles. The summed E-state index contributed by atoms with van der Waals surface area (Å²) in [5.74, 6) is -3.33. The smallest absolute Gasteiger partial charge is 0.315 e. The Kier molecular flexibility index (Phi) is 15.0. The van der Waals surface area contributed by atoms with Gasteiger partial charge in [-0.05, 0) is 50.7 Å². The summed E-state index contributed by atoms with van der Waals surface area (Å²) < 4.78 is 0. The molecule has 0 aromatic carbocycles. The van der Waals surface area contributed by atoms with Crippen LogP contribution in [0.5, 0.6) is 0 Å². The highest BCUT2D eigenvalue weighted by Crippen LogP contribution is 2.34. The minimum atomic E-state index is -1.11. The molecule has 0 bridgehead atoms. The van der Waals surface area contributed by atoms with Gasteiger partial charge in [0.15, 0.2) is 0 Å². The van der Waals surface area contributed by atoms with Gasteiger partial charge in [-0.2, -0.15) is 0 Å². The fourth-order valence-electron chi connectivity index (χ4n) is 5.10. The molecule has 44 heavy (non-hydrogen) atoms. The lowest BCUT2D eigenvalue weighted by Crippen LogP contribution is -2.61. The van der Waals surface area contributed by atoms with E-state index in [4.69, 9.17) is 5.73 Å². The predicted molar refractivity (Wildman–Crippen MR) is 169 cm³/mol. The molecule has 0 aromatic rings. The van der Waals surface area contributed by atoms with Gasteiger partial charge in [-0.15, -0.1) is 6.58 Å². The SMILES string of the molecule is C=CCN(C)C(=O)CNC(=O)NC(C(=O)N1CC(C)[C@H](C)C1C(=O)NC(CC1CCC1)C(=O)C(N)=O)C(C)(C)C.CN(C)C. The van der Waals surface area contributed by atoms with Crippen LogP contribution in [0.15, 0.2) is 12.7 Å². The van der Waals surface area contributed by atoms with Crippen molar-refractivity contribution in [1.29, 1.82) is 0 Å². The molecule has 2 aliphatic rings. The van der Waals surface area contributed by atoms with Crippen LogP contribution in [0, 0.1) is 23.2 Å². The zero-order valence-corrected chi connectivity index (χ0v) is 28.1. The lowest BCUT2D eigenvalue weighted by molar-refractivity contribution is -0.144. The Morgan fingerprint density at radius 2 is 1.59 bits per heavy atom. The first-order chi connectivity index (χ1) is 20.3. The number of nitrogens with two attached hydrogens (primary N) is 1. The third kappa shape index (κ3) is 11.5. The molecule has 250 valence electrons. The number of likely N-dealkylation sites (N-methyl/N-ethyl adjacent to an activating group) is 1. The second-order valence-electron chi connectivity index (χ2n) is 13.6. The molecule has 13 nitrogen and oxygen atoms in total. The van der Waals surface area contributed by atoms with Crippen molar-refractivity contribution in [1.82, 2.24) is 30.7 Å². The van der Waals surface area contributed by atoms with Gasteiger partial charge in [0.2, 0.25) is 23.5 Å². The summed E-state index contributed by atoms with van der Waals surface area (Å²) in [5, 5.41) is 7.89. The second kappa shape index (κ2) is 17.1. The van der Waals surface area contributed by atoms with Gasteiger partial charge in [-0.3, -0.25) is 24.0 Å². The molecule has 6 amide bonds. The van der Waals surface area contributed by atoms with E-state index in [9.17, 15) is 28.8 Å². The largest absolute Gasteiger partial charge is 0.363 e. The highest BCUT2D eigenvalue weighted by molar-refractivity contribution is 6.37. The molecule has 1 saturated carbocycles. The third-order valence-corrected chi connectivity index (χ3v) is 8.05. The van der Waals surface area contributed by atoms with E-state index in [0.717, 1.165) is 19.3 Å². The average molecular weight is 622 g/mol. The maximum atomic E-state index is 13.9. The van der Waals surface area contributed by atoms with Gasteiger partial charge < -0.3 is 36.4 Å². The van der Waals surface area contributed by atoms with Gasteiger partial charge in [-0.25, -0.2) is 4.79 Å². The molecule has 1 aliphatic carbocycles. The van der Waals surface area contributed by atoms with Crippen LogP contribution in [0.3, 0.4) is 0 Å². The van der Waals surface area contributed by atoms with E-state index in [0.29, 0.717) is 13.0 Å². The van der Waals surface area contributed by atoms with Gasteiger partial charge in [0.05, 0.1) is 12.6 Å². The van der Waals surface area contributed by atoms with Crippen molar-refractivity contribution in [3.05, 3.63) is 12.7 Å². The molecule has 5 atom stereocenters. The molecule has 1 heterocycles. The van der Waals surface area contributed by atoms with Crippen LogP contribution in [0.25, 0.3) is 0 Å². The van der Waals surface area contributed by atoms with Gasteiger partial charge >= 0.3 is 6.03 Å². The normalized spacial score (nSPS) is 21.1. The van der Waals surface area contributed by atoms with Crippen molar-refractivity contribution in [2.75, 3.05) is 47.8 Å². The summed E-state index contributed by atoms with van der Waals surface area (Å²) in [6, 6.07) is -3.66. The zero-order chi connectivity index (χ0) is 33.9. The second-order valence-corrected chi connectivity index (χ2v) is 13.6. The van der Waals surface area contributed by atoms with E-state index in [1.165, 1.54) is 9.80 Å². The maximum absolute atomic E-state index is 13.9. The van der Waals surface area contributed by atoms with Crippen molar-refractivity contribution in [2.45, 2.75) is 78.4 Å². The Balaban J connectivity index is 0.00000227. The number of ketones is 1. The van der Waals surface area contributed by atoms with E-state index < -0.39 is 53.1 Å². The Hall–Kier alpha value is -3.48. The molecular formula is C31H55N7O6. The van der Waals surface area contributed by atoms with Crippen molar-refractivity contribution in [3.8, 4) is 0 Å². The van der Waals surface area contributed by atoms with Gasteiger partial charge in [0, 0.05) is 20.1 Å². The highest BCUT2D eigenvalue weighted by atomic mass is 16.2. The molecule has 5 N–H and O–H groups in total. The number of urea groups is 1. The fraction of sp³-hybridized carbons (Fsp3) is 0.742. The number of carbonyl (C=O) groups excluding carboxylic acids is 6. The van der Waals surface area contributed by atoms with Crippen molar-refractivity contribution in [2.24, 2.45) is 28.9 Å². The number of primary amides is 1. The average Bonchev–Trinajstić information content (AvgIpc) is 3.19. The number of amides is 6. The van der Waals surface area contributed by atoms with E-state index in [-0.39, 0.29) is 36.8 Å². The van der Waals surface area contributed by atoms with Crippen molar-refractivity contribution in [3.63, 3.8) is 0 Å². The summed E-state index contributed by atoms with van der Waals surface area (Å²) in [7, 11) is 7.58. The van der Waals surface area contributed by atoms with Crippen LogP contribution in [0.4, 0.5) is 4.79 Å². The number of nitrogens with one attached hydrogen (secondary N) is 3. The van der Waals surface area contributed by atoms with Crippen LogP contribution >= 0.6 is 0 Å². The number of Topliss-reactive ketones (excluding diaryl/α,β-unsaturated/α-hetero) is 1. The van der Waals surface area contributed by atoms with Crippen LogP contribution in [-0.2, 0) is 24.0 Å². The number of nitrogens with zero attached hydrogens (tertiary/aromatic N) is 3. The molecule has 13 heteroatoms. The summed E-state index contributed by atoms with van der Waals surface area (Å²) in [6.07, 6.45) is 4.75. The number of likely N-dealkylation sites (tertiary alicyclic amines) is 1. The minimum absolute atomic E-state index is 0.0379. The highest BCUT2D eigenvalue weighted by Gasteiger charge is 2.48. The quantitative estimate of drug-likeness (QED) is 0.184. The van der Waals surface area contributed by atoms with E-state index >= 15 is 0 Å². The first-order valence-corrected chi connectivity index (χ1v) is 15.3. The standard InChI is InChI=1S/C28H46N6O6.C3H9N/c1-8-12-33(7)20(35)14-30-27(40)32-23(28(4,5)6)26(39)34-15-16(2)17(3)21(34)25(38)31-19(22(36)24(29)37)13-18-10-9-11-18;1-4(2)3/h8,16-19,21,23H,1,9-15H2,2-7H3,(H2,29,37)(H,31,38)(H2,30,32,40);1-3H3/t16?,17-,19?,21?,23?;/m0./s1. The maximum Gasteiger partial charge on any atom is 0.315 e. The number of hydrogen-bond donors (Lipinski definition) is 4. The van der Waals surface area contributed by atoms with Crippen LogP contribution in [0.1, 0.15) is 60.3 Å². The number of hydrogen-bond acceptors (Lipinski definition) is 7. The summed E-state index contributed by atoms with van der Waals surface area (Å²) in [4.78, 5) is 81.4. The van der Waals surface area contributed by atoms with E-state index in [1.54, 1.807) is 33.9 Å². The molecule has 0 aromatic heterocycles. The molecule has 2 rings (SSSR count). The van der Waals surface area contributed by atoms with Gasteiger partial charge in [0.25, 0.3) is 5.91 Å². The molecule has 4 unspecified atom stereocenters. The zero-order valence-electron chi connectivity index (χ0n) is 28.1. The topological polar surface area (TPSA) is 174 Å². The third-order valence-electron chi connectivity index (χ3n) is 8.05. The monoisotopic (exact) mass is 621 g/mol. The van der Waals surface area contributed by atoms with E-state index in [2.05, 4.69) is 22.5 Å². The lowest BCUT2D eigenvalue weighted by atomic mass is 9.80. The fourth-order valence-corrected chi connectivity index (χ4v) is 5.10. The summed E-state index contributed by atoms with van der Waals surface area (Å²) in [6.45, 7) is 13.1. The number of rotatable bonds is 12. The Bertz CT molecular complexity index is 1050. The van der Waals surface area contributed by atoms with Gasteiger partial charge in [-0.1, -0.05) is 60.0 Å². The molecular weight excluding hydrogens is 566 g/mol. The minimum Gasteiger partial charge on any atom is -0.363 e. The van der Waals surface area contributed by atoms with Crippen LogP contribution in [-0.4, -0.2) is 116 Å². The van der Waals surface area contributed by atoms with E-state index in [1.807, 2.05) is 39.9 Å². The lowest BCUT2D eigenvalue weighted by Gasteiger charge is -2.36. The molecule has 1 aliphatic heterocycles. The van der Waals surface area contributed by atoms with Crippen LogP contribution in [0.2, 0.25) is 0 Å². The van der Waals surface area contributed by atoms with Crippen molar-refractivity contribution < 1.29 is 28.8 Å². The van der Waals surface area contributed by atoms with Crippen LogP contribution < -0.4 is 21.7 Å². The first kappa shape index (κ1) is 38.5. The number of carbonyl (C=O) groups is 6. The Labute approximate surface area is 262 Å². The predicted octanol–water partition coefficient (Wildman–Crippen LogP) is 0.735. The van der Waals surface area contributed by atoms with Crippen molar-refractivity contribution >= 4 is 35.4 Å². The Morgan fingerprint density at radius 3 is 2.05 bits per heavy atom. The molecule has 0 radical (unpaired) electrons. The summed E-state index contributed by atoms with van der Waals surface area (Å²) in [5.41, 5.74) is 4.52.